The monoisotopic (exact) mass is 363 g/mol. The van der Waals surface area contributed by atoms with Crippen LogP contribution in [0, 0.1) is 5.92 Å². The molecule has 142 valence electrons. The van der Waals surface area contributed by atoms with Gasteiger partial charge in [-0.1, -0.05) is 37.6 Å². The van der Waals surface area contributed by atoms with Crippen LogP contribution in [-0.4, -0.2) is 36.4 Å². The van der Waals surface area contributed by atoms with Crippen molar-refractivity contribution in [3.63, 3.8) is 0 Å². The maximum Gasteiger partial charge on any atom is 0.148 e. The van der Waals surface area contributed by atoms with Gasteiger partial charge in [0, 0.05) is 35.7 Å². The summed E-state index contributed by atoms with van der Waals surface area (Å²) in [6, 6.07) is 9.41. The summed E-state index contributed by atoms with van der Waals surface area (Å²) in [7, 11) is 0. The molecule has 1 aliphatic carbocycles. The van der Waals surface area contributed by atoms with E-state index in [2.05, 4.69) is 49.5 Å². The maximum absolute atomic E-state index is 12.2. The van der Waals surface area contributed by atoms with Gasteiger partial charge in [-0.3, -0.25) is 4.79 Å². The number of anilines is 1. The largest absolute Gasteiger partial charge is 0.357 e. The first-order valence-electron chi connectivity index (χ1n) is 10.8. The quantitative estimate of drug-likeness (QED) is 0.360. The van der Waals surface area contributed by atoms with Crippen LogP contribution in [0.15, 0.2) is 47.2 Å². The van der Waals surface area contributed by atoms with E-state index >= 15 is 0 Å². The Hall–Kier alpha value is -1.87. The Morgan fingerprint density at radius 2 is 2.15 bits per heavy atom. The fourth-order valence-corrected chi connectivity index (χ4v) is 6.91. The van der Waals surface area contributed by atoms with Gasteiger partial charge >= 0.3 is 0 Å². The van der Waals surface area contributed by atoms with Gasteiger partial charge in [0.2, 0.25) is 0 Å². The summed E-state index contributed by atoms with van der Waals surface area (Å²) in [5.41, 5.74) is 6.48. The van der Waals surface area contributed by atoms with Crippen molar-refractivity contribution in [1.82, 2.24) is 0 Å². The molecule has 2 saturated heterocycles. The normalized spacial score (nSPS) is 37.2. The van der Waals surface area contributed by atoms with Gasteiger partial charge in [0.05, 0.1) is 18.5 Å². The van der Waals surface area contributed by atoms with Gasteiger partial charge < -0.3 is 9.80 Å². The molecule has 0 radical (unpaired) electrons. The first-order chi connectivity index (χ1) is 13.2. The third-order valence-corrected chi connectivity index (χ3v) is 8.07. The van der Waals surface area contributed by atoms with Crippen LogP contribution >= 0.6 is 0 Å². The van der Waals surface area contributed by atoms with Crippen molar-refractivity contribution < 1.29 is 9.28 Å². The number of carbonyl (C=O) groups excluding carboxylic acids is 1. The van der Waals surface area contributed by atoms with Crippen LogP contribution in [0.3, 0.4) is 0 Å². The third kappa shape index (κ3) is 2.09. The molecule has 1 unspecified atom stereocenters. The van der Waals surface area contributed by atoms with Crippen LogP contribution in [-0.2, 0) is 10.2 Å². The van der Waals surface area contributed by atoms with Crippen molar-refractivity contribution in [3.8, 4) is 0 Å². The topological polar surface area (TPSA) is 29.1 Å². The van der Waals surface area contributed by atoms with Crippen molar-refractivity contribution in [2.75, 3.05) is 25.0 Å². The molecule has 4 aliphatic rings. The summed E-state index contributed by atoms with van der Waals surface area (Å²) < 4.78 is 1.24. The minimum Gasteiger partial charge on any atom is -0.357 e. The van der Waals surface area contributed by atoms with Gasteiger partial charge in [-0.05, 0) is 37.0 Å². The zero-order valence-corrected chi connectivity index (χ0v) is 16.6. The second kappa shape index (κ2) is 6.07. The number of hydrogen-bond acceptors (Lipinski definition) is 2. The van der Waals surface area contributed by atoms with Gasteiger partial charge in [0.25, 0.3) is 0 Å². The molecule has 3 aliphatic heterocycles. The SMILES string of the molecule is C/C=C1/C[N+]2(CCCCC)CC[C@]34C(=C(C=O)[C@H]1C[C@@H]32)Nc1ccccc14. The van der Waals surface area contributed by atoms with Gasteiger partial charge in [-0.15, -0.1) is 0 Å². The van der Waals surface area contributed by atoms with E-state index in [0.717, 1.165) is 24.8 Å². The number of allylic oxidation sites excluding steroid dienone is 2. The highest BCUT2D eigenvalue weighted by molar-refractivity contribution is 5.84. The Labute approximate surface area is 162 Å². The highest BCUT2D eigenvalue weighted by Gasteiger charge is 2.68. The summed E-state index contributed by atoms with van der Waals surface area (Å²) in [5, 5.41) is 3.72. The van der Waals surface area contributed by atoms with E-state index < -0.39 is 0 Å². The maximum atomic E-state index is 12.2. The molecule has 0 saturated carbocycles. The number of unbranched alkanes of at least 4 members (excludes halogenated alkanes) is 2. The van der Waals surface area contributed by atoms with Crippen LogP contribution in [0.5, 0.6) is 0 Å². The summed E-state index contributed by atoms with van der Waals surface area (Å²) >= 11 is 0. The van der Waals surface area contributed by atoms with Crippen LogP contribution in [0.25, 0.3) is 0 Å². The number of quaternary nitrogens is 1. The molecule has 3 nitrogen and oxygen atoms in total. The predicted octanol–water partition coefficient (Wildman–Crippen LogP) is 4.56. The lowest BCUT2D eigenvalue weighted by molar-refractivity contribution is -0.941. The van der Waals surface area contributed by atoms with Crippen molar-refractivity contribution >= 4 is 12.0 Å². The minimum atomic E-state index is 0.0365. The van der Waals surface area contributed by atoms with Crippen LogP contribution in [0.2, 0.25) is 0 Å². The summed E-state index contributed by atoms with van der Waals surface area (Å²) in [4.78, 5) is 12.2. The molecule has 27 heavy (non-hydrogen) atoms. The molecule has 3 heterocycles. The van der Waals surface area contributed by atoms with Crippen LogP contribution in [0.4, 0.5) is 5.69 Å². The Morgan fingerprint density at radius 3 is 2.93 bits per heavy atom. The van der Waals surface area contributed by atoms with E-state index in [1.165, 1.54) is 65.8 Å². The molecule has 4 atom stereocenters. The third-order valence-electron chi connectivity index (χ3n) is 8.07. The van der Waals surface area contributed by atoms with E-state index in [1.807, 2.05) is 0 Å². The molecule has 0 aromatic heterocycles. The lowest BCUT2D eigenvalue weighted by Gasteiger charge is -2.53. The Bertz CT molecular complexity index is 854. The van der Waals surface area contributed by atoms with Crippen molar-refractivity contribution in [3.05, 3.63) is 52.7 Å². The molecule has 3 heteroatoms. The first-order valence-corrected chi connectivity index (χ1v) is 10.8. The number of nitrogens with one attached hydrogen (secondary N) is 1. The average Bonchev–Trinajstić information content (AvgIpc) is 3.22. The Balaban J connectivity index is 1.71. The fraction of sp³-hybridized carbons (Fsp3) is 0.542. The standard InChI is InChI=1S/C24H30N2O/c1-3-5-8-12-26-13-11-24-20-9-6-7-10-21(20)25-23(24)19(16-27)18(14-22(24)26)17(4-2)15-26/h4,6-7,9-10,16,18,22H,3,5,8,11-15H2,1-2H3/p+1/b17-4-/t18-,22-,24+,26?/m0/s1. The summed E-state index contributed by atoms with van der Waals surface area (Å²) in [5.74, 6) is 0.318. The number of para-hydroxylation sites is 1. The summed E-state index contributed by atoms with van der Waals surface area (Å²) in [6.07, 6.45) is 9.70. The number of nitrogens with zero attached hydrogens (tertiary/aromatic N) is 1. The molecule has 1 aromatic carbocycles. The second-order valence-electron chi connectivity index (χ2n) is 9.04. The van der Waals surface area contributed by atoms with E-state index in [0.29, 0.717) is 12.0 Å². The predicted molar refractivity (Wildman–Crippen MR) is 109 cm³/mol. The number of fused-ring (bicyclic) bond motifs is 2. The molecule has 1 spiro atoms. The minimum absolute atomic E-state index is 0.0365. The van der Waals surface area contributed by atoms with Crippen molar-refractivity contribution in [2.24, 2.45) is 5.92 Å². The molecular formula is C24H31N2O+. The Kier molecular flexibility index (Phi) is 3.87. The lowest BCUT2D eigenvalue weighted by atomic mass is 9.61. The molecule has 2 fully saturated rings. The van der Waals surface area contributed by atoms with Crippen LogP contribution < -0.4 is 5.32 Å². The zero-order valence-electron chi connectivity index (χ0n) is 16.6. The highest BCUT2D eigenvalue weighted by atomic mass is 16.1. The molecule has 2 bridgehead atoms. The average molecular weight is 364 g/mol. The second-order valence-corrected chi connectivity index (χ2v) is 9.04. The number of hydrogen-bond donors (Lipinski definition) is 1. The number of rotatable bonds is 5. The molecule has 1 N–H and O–H groups in total. The molecule has 5 rings (SSSR count). The highest BCUT2D eigenvalue weighted by Crippen LogP contribution is 2.63. The van der Waals surface area contributed by atoms with Gasteiger partial charge in [0.1, 0.15) is 18.9 Å². The summed E-state index contributed by atoms with van der Waals surface area (Å²) in [6.45, 7) is 8.13. The van der Waals surface area contributed by atoms with Crippen molar-refractivity contribution in [1.29, 1.82) is 0 Å². The Morgan fingerprint density at radius 1 is 1.30 bits per heavy atom. The molecule has 0 amide bonds. The number of piperidine rings is 1. The fourth-order valence-electron chi connectivity index (χ4n) is 6.91. The zero-order chi connectivity index (χ0) is 18.6. The lowest BCUT2D eigenvalue weighted by Crippen LogP contribution is -2.63. The number of benzene rings is 1. The van der Waals surface area contributed by atoms with Gasteiger partial charge in [0.15, 0.2) is 0 Å². The molecular weight excluding hydrogens is 332 g/mol. The van der Waals surface area contributed by atoms with Crippen LogP contribution in [0.1, 0.15) is 51.5 Å². The molecule has 1 aromatic rings. The van der Waals surface area contributed by atoms with E-state index in [1.54, 1.807) is 0 Å². The van der Waals surface area contributed by atoms with Gasteiger partial charge in [-0.2, -0.15) is 0 Å². The van der Waals surface area contributed by atoms with E-state index in [-0.39, 0.29) is 5.41 Å². The van der Waals surface area contributed by atoms with E-state index in [4.69, 9.17) is 0 Å². The van der Waals surface area contributed by atoms with E-state index in [9.17, 15) is 4.79 Å². The van der Waals surface area contributed by atoms with Gasteiger partial charge in [-0.25, -0.2) is 0 Å². The number of carbonyl (C=O) groups is 1. The smallest absolute Gasteiger partial charge is 0.148 e. The number of aldehydes is 1. The van der Waals surface area contributed by atoms with Crippen molar-refractivity contribution in [2.45, 2.75) is 57.4 Å². The first kappa shape index (κ1) is 17.2.